The molecule has 1 N–H and O–H groups in total. The van der Waals surface area contributed by atoms with Crippen molar-refractivity contribution in [1.82, 2.24) is 5.32 Å². The third kappa shape index (κ3) is 3.86. The summed E-state index contributed by atoms with van der Waals surface area (Å²) in [6.07, 6.45) is -0.404. The Morgan fingerprint density at radius 2 is 1.96 bits per heavy atom. The van der Waals surface area contributed by atoms with Gasteiger partial charge < -0.3 is 10.1 Å². The molecule has 1 amide bonds. The molecular weight excluding hydrogens is 307 g/mol. The first kappa shape index (κ1) is 16.3. The first-order valence-corrected chi connectivity index (χ1v) is 7.94. The molecule has 1 atom stereocenters. The first-order chi connectivity index (χ1) is 10.9. The summed E-state index contributed by atoms with van der Waals surface area (Å²) in [5, 5.41) is 3.03. The van der Waals surface area contributed by atoms with Crippen LogP contribution in [0, 0.1) is 5.41 Å². The van der Waals surface area contributed by atoms with E-state index in [-0.39, 0.29) is 11.9 Å². The van der Waals surface area contributed by atoms with Gasteiger partial charge in [-0.1, -0.05) is 12.1 Å². The van der Waals surface area contributed by atoms with Crippen molar-refractivity contribution in [3.05, 3.63) is 35.4 Å². The lowest BCUT2D eigenvalue weighted by molar-refractivity contribution is -0.137. The quantitative estimate of drug-likeness (QED) is 0.921. The number of benzene rings is 1. The van der Waals surface area contributed by atoms with Crippen molar-refractivity contribution in [3.63, 3.8) is 0 Å². The molecule has 2 aliphatic rings. The molecule has 0 unspecified atom stereocenters. The van der Waals surface area contributed by atoms with Crippen molar-refractivity contribution < 1.29 is 22.7 Å². The predicted molar refractivity (Wildman–Crippen MR) is 78.8 cm³/mol. The maximum absolute atomic E-state index is 12.6. The molecule has 126 valence electrons. The van der Waals surface area contributed by atoms with Crippen molar-refractivity contribution in [1.29, 1.82) is 0 Å². The van der Waals surface area contributed by atoms with Gasteiger partial charge in [-0.15, -0.1) is 0 Å². The third-order valence-electron chi connectivity index (χ3n) is 4.65. The fourth-order valence-electron chi connectivity index (χ4n) is 3.03. The molecule has 1 aliphatic carbocycles. The average molecular weight is 327 g/mol. The number of nitrogens with one attached hydrogen (secondary N) is 1. The van der Waals surface area contributed by atoms with Crippen LogP contribution in [-0.2, 0) is 22.1 Å². The van der Waals surface area contributed by atoms with E-state index in [0.717, 1.165) is 50.0 Å². The number of carbonyl (C=O) groups excluding carboxylic acids is 1. The molecule has 0 radical (unpaired) electrons. The van der Waals surface area contributed by atoms with Gasteiger partial charge in [0.05, 0.1) is 23.6 Å². The highest BCUT2D eigenvalue weighted by atomic mass is 19.4. The van der Waals surface area contributed by atoms with E-state index in [0.29, 0.717) is 13.0 Å². The largest absolute Gasteiger partial charge is 0.416 e. The van der Waals surface area contributed by atoms with Crippen LogP contribution in [-0.4, -0.2) is 25.2 Å². The number of amides is 1. The van der Waals surface area contributed by atoms with E-state index in [9.17, 15) is 18.0 Å². The van der Waals surface area contributed by atoms with E-state index in [4.69, 9.17) is 4.74 Å². The smallest absolute Gasteiger partial charge is 0.379 e. The minimum Gasteiger partial charge on any atom is -0.379 e. The Morgan fingerprint density at radius 3 is 2.48 bits per heavy atom. The summed E-state index contributed by atoms with van der Waals surface area (Å²) in [5.74, 6) is 0.00731. The maximum atomic E-state index is 12.6. The zero-order chi connectivity index (χ0) is 16.5. The molecule has 2 fully saturated rings. The second kappa shape index (κ2) is 6.15. The van der Waals surface area contributed by atoms with Crippen LogP contribution in [0.25, 0.3) is 0 Å². The molecule has 1 saturated heterocycles. The van der Waals surface area contributed by atoms with Gasteiger partial charge in [-0.2, -0.15) is 13.2 Å². The first-order valence-electron chi connectivity index (χ1n) is 7.94. The Balaban J connectivity index is 1.61. The van der Waals surface area contributed by atoms with Gasteiger partial charge in [0.25, 0.3) is 0 Å². The summed E-state index contributed by atoms with van der Waals surface area (Å²) >= 11 is 0. The van der Waals surface area contributed by atoms with Gasteiger partial charge in [0.1, 0.15) is 0 Å². The van der Waals surface area contributed by atoms with E-state index in [2.05, 4.69) is 5.32 Å². The van der Waals surface area contributed by atoms with Crippen molar-refractivity contribution in [2.24, 2.45) is 5.41 Å². The normalized spacial score (nSPS) is 23.3. The number of halogens is 3. The Hall–Kier alpha value is -1.56. The topological polar surface area (TPSA) is 38.3 Å². The monoisotopic (exact) mass is 327 g/mol. The fraction of sp³-hybridized carbons (Fsp3) is 0.588. The van der Waals surface area contributed by atoms with E-state index < -0.39 is 17.2 Å². The summed E-state index contributed by atoms with van der Waals surface area (Å²) in [6, 6.07) is 5.16. The Labute approximate surface area is 133 Å². The van der Waals surface area contributed by atoms with Gasteiger partial charge in [-0.25, -0.2) is 0 Å². The second-order valence-electron chi connectivity index (χ2n) is 6.54. The van der Waals surface area contributed by atoms with Crippen LogP contribution in [0.1, 0.15) is 36.8 Å². The van der Waals surface area contributed by atoms with E-state index in [1.807, 2.05) is 0 Å². The molecule has 3 nitrogen and oxygen atoms in total. The molecule has 1 aliphatic heterocycles. The van der Waals surface area contributed by atoms with Crippen LogP contribution in [0.3, 0.4) is 0 Å². The van der Waals surface area contributed by atoms with Gasteiger partial charge in [0.2, 0.25) is 5.91 Å². The summed E-state index contributed by atoms with van der Waals surface area (Å²) < 4.78 is 43.1. The molecule has 1 saturated carbocycles. The number of hydrogen-bond donors (Lipinski definition) is 1. The summed E-state index contributed by atoms with van der Waals surface area (Å²) in [4.78, 5) is 12.5. The van der Waals surface area contributed by atoms with Crippen LogP contribution in [0.5, 0.6) is 0 Å². The molecule has 1 aromatic rings. The Bertz CT molecular complexity index is 558. The number of hydrogen-bond acceptors (Lipinski definition) is 2. The van der Waals surface area contributed by atoms with Crippen LogP contribution in [0.4, 0.5) is 13.2 Å². The zero-order valence-corrected chi connectivity index (χ0v) is 12.8. The van der Waals surface area contributed by atoms with Gasteiger partial charge >= 0.3 is 6.18 Å². The van der Waals surface area contributed by atoms with Crippen molar-refractivity contribution in [2.75, 3.05) is 13.2 Å². The fourth-order valence-corrected chi connectivity index (χ4v) is 3.03. The van der Waals surface area contributed by atoms with Crippen LogP contribution >= 0.6 is 0 Å². The number of ether oxygens (including phenoxy) is 1. The lowest BCUT2D eigenvalue weighted by Crippen LogP contribution is -2.44. The number of rotatable bonds is 4. The molecule has 23 heavy (non-hydrogen) atoms. The molecular formula is C17H20F3NO2. The van der Waals surface area contributed by atoms with Crippen LogP contribution in [0.15, 0.2) is 24.3 Å². The highest BCUT2D eigenvalue weighted by Gasteiger charge is 2.50. The minimum atomic E-state index is -4.33. The lowest BCUT2D eigenvalue weighted by atomic mass is 9.94. The van der Waals surface area contributed by atoms with Crippen LogP contribution < -0.4 is 5.32 Å². The Kier molecular flexibility index (Phi) is 4.36. The lowest BCUT2D eigenvalue weighted by Gasteiger charge is -2.25. The van der Waals surface area contributed by atoms with Crippen molar-refractivity contribution in [2.45, 2.75) is 44.3 Å². The molecule has 0 bridgehead atoms. The second-order valence-corrected chi connectivity index (χ2v) is 6.54. The highest BCUT2D eigenvalue weighted by molar-refractivity contribution is 5.85. The third-order valence-corrected chi connectivity index (χ3v) is 4.65. The standard InChI is InChI=1S/C17H20F3NO2/c18-17(19,20)13-5-3-12(4-6-13)10-16(7-8-16)15(22)21-14-2-1-9-23-11-14/h3-6,14H,1-2,7-11H2,(H,21,22)/t14-/m1/s1. The summed E-state index contributed by atoms with van der Waals surface area (Å²) in [7, 11) is 0. The van der Waals surface area contributed by atoms with E-state index in [1.54, 1.807) is 0 Å². The minimum absolute atomic E-state index is 0.00731. The van der Waals surface area contributed by atoms with E-state index in [1.165, 1.54) is 12.1 Å². The van der Waals surface area contributed by atoms with Crippen molar-refractivity contribution in [3.8, 4) is 0 Å². The van der Waals surface area contributed by atoms with Crippen molar-refractivity contribution >= 4 is 5.91 Å². The molecule has 6 heteroatoms. The van der Waals surface area contributed by atoms with Gasteiger partial charge in [-0.05, 0) is 49.8 Å². The SMILES string of the molecule is O=C(N[C@@H]1CCCOC1)C1(Cc2ccc(C(F)(F)F)cc2)CC1. The van der Waals surface area contributed by atoms with Gasteiger partial charge in [-0.3, -0.25) is 4.79 Å². The van der Waals surface area contributed by atoms with Gasteiger partial charge in [0, 0.05) is 6.61 Å². The Morgan fingerprint density at radius 1 is 1.26 bits per heavy atom. The molecule has 0 aromatic heterocycles. The predicted octanol–water partition coefficient (Wildman–Crippen LogP) is 3.32. The molecule has 1 heterocycles. The summed E-state index contributed by atoms with van der Waals surface area (Å²) in [5.41, 5.74) is -0.336. The van der Waals surface area contributed by atoms with E-state index >= 15 is 0 Å². The van der Waals surface area contributed by atoms with Crippen LogP contribution in [0.2, 0.25) is 0 Å². The maximum Gasteiger partial charge on any atom is 0.416 e. The molecule has 0 spiro atoms. The highest BCUT2D eigenvalue weighted by Crippen LogP contribution is 2.49. The average Bonchev–Trinajstić information content (AvgIpc) is 3.29. The van der Waals surface area contributed by atoms with Gasteiger partial charge in [0.15, 0.2) is 0 Å². The number of alkyl halides is 3. The zero-order valence-electron chi connectivity index (χ0n) is 12.8. The summed E-state index contributed by atoms with van der Waals surface area (Å²) in [6.45, 7) is 1.28. The number of carbonyl (C=O) groups is 1. The molecule has 3 rings (SSSR count). The molecule has 1 aromatic carbocycles.